The molecule has 2 unspecified atom stereocenters. The van der Waals surface area contributed by atoms with Crippen molar-refractivity contribution in [3.05, 3.63) is 0 Å². The molecular weight excluding hydrogens is 174 g/mol. The maximum absolute atomic E-state index is 10.6. The molecule has 0 amide bonds. The van der Waals surface area contributed by atoms with Crippen molar-refractivity contribution in [1.29, 1.82) is 0 Å². The Bertz CT molecular complexity index is 189. The molecule has 0 aromatic carbocycles. The predicted octanol–water partition coefficient (Wildman–Crippen LogP) is 0.887. The van der Waals surface area contributed by atoms with Gasteiger partial charge in [0, 0.05) is 4.75 Å². The summed E-state index contributed by atoms with van der Waals surface area (Å²) in [7, 11) is 0. The zero-order valence-corrected chi connectivity index (χ0v) is 8.05. The fourth-order valence-corrected chi connectivity index (χ4v) is 1.87. The second-order valence-corrected chi connectivity index (χ2v) is 4.63. The Labute approximate surface area is 77.7 Å². The summed E-state index contributed by atoms with van der Waals surface area (Å²) in [6.07, 6.45) is 3.29. The Morgan fingerprint density at radius 3 is 2.50 bits per heavy atom. The molecule has 0 spiro atoms. The van der Waals surface area contributed by atoms with E-state index < -0.39 is 16.8 Å². The molecule has 2 atom stereocenters. The third-order valence-electron chi connectivity index (χ3n) is 2.83. The van der Waals surface area contributed by atoms with Gasteiger partial charge in [0.1, 0.15) is 6.04 Å². The largest absolute Gasteiger partial charge is 0.480 e. The lowest BCUT2D eigenvalue weighted by Gasteiger charge is -2.41. The van der Waals surface area contributed by atoms with Gasteiger partial charge >= 0.3 is 5.97 Å². The highest BCUT2D eigenvalue weighted by molar-refractivity contribution is 7.81. The van der Waals surface area contributed by atoms with Crippen molar-refractivity contribution in [2.75, 3.05) is 0 Å². The van der Waals surface area contributed by atoms with E-state index in [9.17, 15) is 4.79 Å². The first-order valence-electron chi connectivity index (χ1n) is 4.17. The third kappa shape index (κ3) is 1.59. The quantitative estimate of drug-likeness (QED) is 0.578. The zero-order valence-electron chi connectivity index (χ0n) is 7.16. The van der Waals surface area contributed by atoms with E-state index in [1.165, 1.54) is 6.42 Å². The van der Waals surface area contributed by atoms with Crippen molar-refractivity contribution in [2.45, 2.75) is 37.0 Å². The molecule has 1 aliphatic rings. The molecule has 0 aromatic heterocycles. The summed E-state index contributed by atoms with van der Waals surface area (Å²) in [5.74, 6) is -0.591. The van der Waals surface area contributed by atoms with Gasteiger partial charge in [0.05, 0.1) is 0 Å². The Hall–Kier alpha value is -0.220. The van der Waals surface area contributed by atoms with Crippen LogP contribution in [0.4, 0.5) is 0 Å². The third-order valence-corrected chi connectivity index (χ3v) is 3.47. The number of carboxylic acids is 1. The van der Waals surface area contributed by atoms with Gasteiger partial charge in [0.25, 0.3) is 0 Å². The lowest BCUT2D eigenvalue weighted by Crippen LogP contribution is -2.53. The van der Waals surface area contributed by atoms with E-state index in [-0.39, 0.29) is 0 Å². The van der Waals surface area contributed by atoms with E-state index in [4.69, 9.17) is 10.8 Å². The van der Waals surface area contributed by atoms with E-state index >= 15 is 0 Å². The average molecular weight is 189 g/mol. The number of carbonyl (C=O) groups is 1. The molecule has 12 heavy (non-hydrogen) atoms. The molecular formula is C8H15NO2S. The SMILES string of the molecule is CC(S)(C1CCC1)C(N)C(=O)O. The van der Waals surface area contributed by atoms with Crippen LogP contribution < -0.4 is 5.73 Å². The van der Waals surface area contributed by atoms with Crippen molar-refractivity contribution in [2.24, 2.45) is 11.7 Å². The van der Waals surface area contributed by atoms with Crippen LogP contribution in [0.3, 0.4) is 0 Å². The van der Waals surface area contributed by atoms with Crippen LogP contribution in [0.2, 0.25) is 0 Å². The van der Waals surface area contributed by atoms with Gasteiger partial charge in [-0.3, -0.25) is 4.79 Å². The molecule has 0 saturated heterocycles. The minimum absolute atomic E-state index is 0.368. The number of hydrogen-bond acceptors (Lipinski definition) is 3. The predicted molar refractivity (Wildman–Crippen MR) is 50.3 cm³/mol. The molecule has 0 aliphatic heterocycles. The number of carboxylic acid groups (broad SMARTS) is 1. The van der Waals surface area contributed by atoms with Crippen LogP contribution in [-0.2, 0) is 4.79 Å². The van der Waals surface area contributed by atoms with Crippen molar-refractivity contribution in [3.63, 3.8) is 0 Å². The molecule has 3 N–H and O–H groups in total. The molecule has 1 saturated carbocycles. The lowest BCUT2D eigenvalue weighted by atomic mass is 9.73. The second kappa shape index (κ2) is 3.26. The summed E-state index contributed by atoms with van der Waals surface area (Å²) in [4.78, 5) is 10.6. The minimum Gasteiger partial charge on any atom is -0.480 e. The number of aliphatic carboxylic acids is 1. The van der Waals surface area contributed by atoms with Crippen LogP contribution in [0, 0.1) is 5.92 Å². The maximum Gasteiger partial charge on any atom is 0.321 e. The van der Waals surface area contributed by atoms with Crippen LogP contribution in [0.5, 0.6) is 0 Å². The molecule has 1 aliphatic carbocycles. The van der Waals surface area contributed by atoms with Gasteiger partial charge in [0.15, 0.2) is 0 Å². The Balaban J connectivity index is 2.62. The molecule has 0 aromatic rings. The van der Waals surface area contributed by atoms with E-state index in [1.807, 2.05) is 6.92 Å². The number of thiol groups is 1. The molecule has 70 valence electrons. The van der Waals surface area contributed by atoms with Crippen LogP contribution in [0.15, 0.2) is 0 Å². The minimum atomic E-state index is -0.959. The van der Waals surface area contributed by atoms with Gasteiger partial charge in [-0.15, -0.1) is 0 Å². The maximum atomic E-state index is 10.6. The van der Waals surface area contributed by atoms with Gasteiger partial charge in [-0.2, -0.15) is 12.6 Å². The summed E-state index contributed by atoms with van der Waals surface area (Å²) < 4.78 is -0.552. The van der Waals surface area contributed by atoms with Gasteiger partial charge in [0.2, 0.25) is 0 Å². The first-order chi connectivity index (χ1) is 5.46. The van der Waals surface area contributed by atoms with Crippen LogP contribution in [-0.4, -0.2) is 21.9 Å². The number of rotatable bonds is 3. The fourth-order valence-electron chi connectivity index (χ4n) is 1.50. The Morgan fingerprint density at radius 2 is 2.25 bits per heavy atom. The molecule has 1 fully saturated rings. The Morgan fingerprint density at radius 1 is 1.75 bits per heavy atom. The van der Waals surface area contributed by atoms with Crippen LogP contribution in [0.25, 0.3) is 0 Å². The topological polar surface area (TPSA) is 63.3 Å². The van der Waals surface area contributed by atoms with E-state index in [0.29, 0.717) is 5.92 Å². The van der Waals surface area contributed by atoms with Crippen molar-refractivity contribution < 1.29 is 9.90 Å². The number of nitrogens with two attached hydrogens (primary N) is 1. The van der Waals surface area contributed by atoms with Gasteiger partial charge < -0.3 is 10.8 Å². The highest BCUT2D eigenvalue weighted by Crippen LogP contribution is 2.41. The first-order valence-corrected chi connectivity index (χ1v) is 4.61. The van der Waals surface area contributed by atoms with Gasteiger partial charge in [-0.05, 0) is 25.7 Å². The first kappa shape index (κ1) is 9.86. The average Bonchev–Trinajstić information content (AvgIpc) is 1.80. The molecule has 0 bridgehead atoms. The summed E-state index contributed by atoms with van der Waals surface area (Å²) in [6, 6.07) is -0.855. The summed E-state index contributed by atoms with van der Waals surface area (Å²) in [6.45, 7) is 1.82. The smallest absolute Gasteiger partial charge is 0.321 e. The van der Waals surface area contributed by atoms with E-state index in [2.05, 4.69) is 12.6 Å². The zero-order chi connectivity index (χ0) is 9.35. The van der Waals surface area contributed by atoms with E-state index in [1.54, 1.807) is 0 Å². The highest BCUT2D eigenvalue weighted by atomic mass is 32.1. The van der Waals surface area contributed by atoms with Crippen molar-refractivity contribution in [3.8, 4) is 0 Å². The normalized spacial score (nSPS) is 25.6. The summed E-state index contributed by atoms with van der Waals surface area (Å²) in [5.41, 5.74) is 5.53. The lowest BCUT2D eigenvalue weighted by molar-refractivity contribution is -0.139. The molecule has 0 radical (unpaired) electrons. The molecule has 3 nitrogen and oxygen atoms in total. The van der Waals surface area contributed by atoms with Crippen molar-refractivity contribution >= 4 is 18.6 Å². The van der Waals surface area contributed by atoms with Crippen LogP contribution >= 0.6 is 12.6 Å². The summed E-state index contributed by atoms with van der Waals surface area (Å²) >= 11 is 4.34. The van der Waals surface area contributed by atoms with E-state index in [0.717, 1.165) is 12.8 Å². The van der Waals surface area contributed by atoms with Gasteiger partial charge in [-0.25, -0.2) is 0 Å². The van der Waals surface area contributed by atoms with Crippen molar-refractivity contribution in [1.82, 2.24) is 0 Å². The molecule has 4 heteroatoms. The highest BCUT2D eigenvalue weighted by Gasteiger charge is 2.42. The monoisotopic (exact) mass is 189 g/mol. The molecule has 0 heterocycles. The fraction of sp³-hybridized carbons (Fsp3) is 0.875. The van der Waals surface area contributed by atoms with Gasteiger partial charge in [-0.1, -0.05) is 6.42 Å². The molecule has 1 rings (SSSR count). The summed E-state index contributed by atoms with van der Waals surface area (Å²) in [5, 5.41) is 8.71. The second-order valence-electron chi connectivity index (χ2n) is 3.67. The van der Waals surface area contributed by atoms with Crippen LogP contribution in [0.1, 0.15) is 26.2 Å². The standard InChI is InChI=1S/C8H15NO2S/c1-8(12,5-3-2-4-5)6(9)7(10)11/h5-6,12H,2-4,9H2,1H3,(H,10,11). The Kier molecular flexibility index (Phi) is 2.68. The number of hydrogen-bond donors (Lipinski definition) is 3.